The zero-order valence-corrected chi connectivity index (χ0v) is 13.6. The van der Waals surface area contributed by atoms with Crippen molar-refractivity contribution in [2.24, 2.45) is 0 Å². The van der Waals surface area contributed by atoms with E-state index in [9.17, 15) is 4.79 Å². The molecular weight excluding hydrogens is 323 g/mol. The summed E-state index contributed by atoms with van der Waals surface area (Å²) in [6.45, 7) is 0.508. The predicted molar refractivity (Wildman–Crippen MR) is 87.5 cm³/mol. The van der Waals surface area contributed by atoms with Gasteiger partial charge in [-0.25, -0.2) is 0 Å². The molecule has 1 aromatic heterocycles. The molecule has 0 N–H and O–H groups in total. The second-order valence-electron chi connectivity index (χ2n) is 4.75. The third kappa shape index (κ3) is 4.90. The van der Waals surface area contributed by atoms with E-state index in [0.717, 1.165) is 5.69 Å². The summed E-state index contributed by atoms with van der Waals surface area (Å²) in [5.74, 6) is 0.319. The van der Waals surface area contributed by atoms with E-state index in [2.05, 4.69) is 4.98 Å². The van der Waals surface area contributed by atoms with Gasteiger partial charge in [0.2, 0.25) is 0 Å². The topological polar surface area (TPSA) is 42.4 Å². The van der Waals surface area contributed by atoms with Crippen LogP contribution in [-0.2, 0) is 11.2 Å². The minimum absolute atomic E-state index is 0.0694. The van der Waals surface area contributed by atoms with Crippen molar-refractivity contribution in [2.75, 3.05) is 20.2 Å². The number of nitrogens with zero attached hydrogens (tertiary/aromatic N) is 2. The van der Waals surface area contributed by atoms with Gasteiger partial charge in [-0.3, -0.25) is 9.78 Å². The van der Waals surface area contributed by atoms with Crippen LogP contribution < -0.4 is 4.74 Å². The van der Waals surface area contributed by atoms with Gasteiger partial charge in [-0.1, -0.05) is 29.3 Å². The first-order chi connectivity index (χ1) is 10.6. The van der Waals surface area contributed by atoms with Crippen molar-refractivity contribution < 1.29 is 9.53 Å². The van der Waals surface area contributed by atoms with Gasteiger partial charge < -0.3 is 9.64 Å². The molecule has 2 rings (SSSR count). The lowest BCUT2D eigenvalue weighted by molar-refractivity contribution is -0.132. The Hall–Kier alpha value is -1.78. The SMILES string of the molecule is CN(CCc1ccccn1)C(=O)COc1ccc(Cl)cc1Cl. The lowest BCUT2D eigenvalue weighted by Gasteiger charge is -2.17. The number of ether oxygens (including phenoxy) is 1. The number of carbonyl (C=O) groups is 1. The number of benzene rings is 1. The third-order valence-corrected chi connectivity index (χ3v) is 3.63. The highest BCUT2D eigenvalue weighted by atomic mass is 35.5. The monoisotopic (exact) mass is 338 g/mol. The number of rotatable bonds is 6. The van der Waals surface area contributed by atoms with Crippen LogP contribution in [0.1, 0.15) is 5.69 Å². The first-order valence-electron chi connectivity index (χ1n) is 6.78. The van der Waals surface area contributed by atoms with E-state index in [1.54, 1.807) is 36.3 Å². The maximum Gasteiger partial charge on any atom is 0.260 e. The molecular formula is C16H16Cl2N2O2. The van der Waals surface area contributed by atoms with Gasteiger partial charge in [0.15, 0.2) is 6.61 Å². The fourth-order valence-corrected chi connectivity index (χ4v) is 2.26. The van der Waals surface area contributed by atoms with Gasteiger partial charge in [0.1, 0.15) is 5.75 Å². The van der Waals surface area contributed by atoms with E-state index in [1.807, 2.05) is 18.2 Å². The largest absolute Gasteiger partial charge is 0.482 e. The summed E-state index contributed by atoms with van der Waals surface area (Å²) in [7, 11) is 1.73. The summed E-state index contributed by atoms with van der Waals surface area (Å²) in [6, 6.07) is 10.6. The van der Waals surface area contributed by atoms with Gasteiger partial charge >= 0.3 is 0 Å². The summed E-state index contributed by atoms with van der Waals surface area (Å²) in [5, 5.41) is 0.910. The molecule has 0 spiro atoms. The third-order valence-electron chi connectivity index (χ3n) is 3.10. The Bertz CT molecular complexity index is 635. The van der Waals surface area contributed by atoms with Crippen molar-refractivity contribution in [3.8, 4) is 5.75 Å². The number of carbonyl (C=O) groups excluding carboxylic acids is 1. The fourth-order valence-electron chi connectivity index (χ4n) is 1.79. The fraction of sp³-hybridized carbons (Fsp3) is 0.250. The van der Waals surface area contributed by atoms with Gasteiger partial charge in [-0.05, 0) is 30.3 Å². The van der Waals surface area contributed by atoms with E-state index >= 15 is 0 Å². The van der Waals surface area contributed by atoms with Crippen molar-refractivity contribution in [3.63, 3.8) is 0 Å². The molecule has 0 aliphatic rings. The second kappa shape index (κ2) is 8.01. The average Bonchev–Trinajstić information content (AvgIpc) is 2.52. The minimum Gasteiger partial charge on any atom is -0.482 e. The number of halogens is 2. The standard InChI is InChI=1S/C16H16Cl2N2O2/c1-20(9-7-13-4-2-3-8-19-13)16(21)11-22-15-6-5-12(17)10-14(15)18/h2-6,8,10H,7,9,11H2,1H3. The maximum absolute atomic E-state index is 12.0. The molecule has 1 amide bonds. The highest BCUT2D eigenvalue weighted by molar-refractivity contribution is 6.35. The van der Waals surface area contributed by atoms with Crippen LogP contribution in [0.5, 0.6) is 5.75 Å². The van der Waals surface area contributed by atoms with Gasteiger partial charge in [-0.2, -0.15) is 0 Å². The van der Waals surface area contributed by atoms with E-state index in [-0.39, 0.29) is 12.5 Å². The Morgan fingerprint density at radius 1 is 1.27 bits per heavy atom. The van der Waals surface area contributed by atoms with Crippen molar-refractivity contribution >= 4 is 29.1 Å². The van der Waals surface area contributed by atoms with Crippen LogP contribution in [0.2, 0.25) is 10.0 Å². The molecule has 1 heterocycles. The van der Waals surface area contributed by atoms with Crippen LogP contribution in [0, 0.1) is 0 Å². The Labute approximate surface area is 139 Å². The summed E-state index contributed by atoms with van der Waals surface area (Å²) < 4.78 is 5.43. The lowest BCUT2D eigenvalue weighted by Crippen LogP contribution is -2.33. The van der Waals surface area contributed by atoms with Crippen LogP contribution in [-0.4, -0.2) is 36.0 Å². The Morgan fingerprint density at radius 3 is 2.77 bits per heavy atom. The number of likely N-dealkylation sites (N-methyl/N-ethyl adjacent to an activating group) is 1. The molecule has 22 heavy (non-hydrogen) atoms. The number of aromatic nitrogens is 1. The molecule has 116 valence electrons. The zero-order valence-electron chi connectivity index (χ0n) is 12.1. The zero-order chi connectivity index (χ0) is 15.9. The van der Waals surface area contributed by atoms with Crippen molar-refractivity contribution in [1.82, 2.24) is 9.88 Å². The molecule has 0 fully saturated rings. The Balaban J connectivity index is 1.81. The first-order valence-corrected chi connectivity index (χ1v) is 7.53. The molecule has 0 radical (unpaired) electrons. The molecule has 4 nitrogen and oxygen atoms in total. The van der Waals surface area contributed by atoms with E-state index in [4.69, 9.17) is 27.9 Å². The van der Waals surface area contributed by atoms with Gasteiger partial charge in [0.25, 0.3) is 5.91 Å². The second-order valence-corrected chi connectivity index (χ2v) is 5.59. The lowest BCUT2D eigenvalue weighted by atomic mass is 10.2. The molecule has 0 atom stereocenters. The molecule has 2 aromatic rings. The van der Waals surface area contributed by atoms with E-state index < -0.39 is 0 Å². The van der Waals surface area contributed by atoms with Gasteiger partial charge in [0.05, 0.1) is 5.02 Å². The first kappa shape index (κ1) is 16.6. The smallest absolute Gasteiger partial charge is 0.260 e. The van der Waals surface area contributed by atoms with Crippen LogP contribution in [0.3, 0.4) is 0 Å². The average molecular weight is 339 g/mol. The quantitative estimate of drug-likeness (QED) is 0.809. The molecule has 1 aromatic carbocycles. The predicted octanol–water partition coefficient (Wildman–Crippen LogP) is 3.47. The number of amides is 1. The molecule has 0 saturated heterocycles. The van der Waals surface area contributed by atoms with Crippen molar-refractivity contribution in [3.05, 3.63) is 58.3 Å². The van der Waals surface area contributed by atoms with Crippen LogP contribution >= 0.6 is 23.2 Å². The molecule has 0 aliphatic heterocycles. The minimum atomic E-state index is -0.123. The number of hydrogen-bond acceptors (Lipinski definition) is 3. The summed E-state index contributed by atoms with van der Waals surface area (Å²) in [6.07, 6.45) is 2.44. The van der Waals surface area contributed by atoms with Crippen molar-refractivity contribution in [2.45, 2.75) is 6.42 Å². The van der Waals surface area contributed by atoms with Crippen LogP contribution in [0.4, 0.5) is 0 Å². The maximum atomic E-state index is 12.0. The Morgan fingerprint density at radius 2 is 2.09 bits per heavy atom. The number of hydrogen-bond donors (Lipinski definition) is 0. The molecule has 0 unspecified atom stereocenters. The van der Waals surface area contributed by atoms with Crippen LogP contribution in [0.25, 0.3) is 0 Å². The van der Waals surface area contributed by atoms with Gasteiger partial charge in [0, 0.05) is 36.9 Å². The Kier molecular flexibility index (Phi) is 6.04. The molecule has 0 saturated carbocycles. The van der Waals surface area contributed by atoms with Crippen molar-refractivity contribution in [1.29, 1.82) is 0 Å². The molecule has 0 bridgehead atoms. The highest BCUT2D eigenvalue weighted by Crippen LogP contribution is 2.27. The number of pyridine rings is 1. The summed E-state index contributed by atoms with van der Waals surface area (Å²) in [4.78, 5) is 17.9. The van der Waals surface area contributed by atoms with Gasteiger partial charge in [-0.15, -0.1) is 0 Å². The molecule has 0 aliphatic carbocycles. The molecule has 6 heteroatoms. The normalized spacial score (nSPS) is 10.3. The van der Waals surface area contributed by atoms with E-state index in [0.29, 0.717) is 28.8 Å². The van der Waals surface area contributed by atoms with E-state index in [1.165, 1.54) is 0 Å². The highest BCUT2D eigenvalue weighted by Gasteiger charge is 2.11. The van der Waals surface area contributed by atoms with Crippen LogP contribution in [0.15, 0.2) is 42.6 Å². The summed E-state index contributed by atoms with van der Waals surface area (Å²) in [5.41, 5.74) is 0.948. The summed E-state index contributed by atoms with van der Waals surface area (Å²) >= 11 is 11.8.